The van der Waals surface area contributed by atoms with E-state index in [1.165, 1.54) is 10.9 Å². The summed E-state index contributed by atoms with van der Waals surface area (Å²) in [6, 6.07) is 12.5. The number of carbonyl (C=O) groups is 2. The summed E-state index contributed by atoms with van der Waals surface area (Å²) in [4.78, 5) is 40.7. The molecule has 29 heavy (non-hydrogen) atoms. The summed E-state index contributed by atoms with van der Waals surface area (Å²) in [5.41, 5.74) is 1.13. The lowest BCUT2D eigenvalue weighted by Crippen LogP contribution is -2.39. The van der Waals surface area contributed by atoms with Crippen LogP contribution in [0, 0.1) is 0 Å². The zero-order chi connectivity index (χ0) is 20.8. The first-order valence-electron chi connectivity index (χ1n) is 8.77. The summed E-state index contributed by atoms with van der Waals surface area (Å²) < 4.78 is 7.04. The molecule has 0 aliphatic rings. The van der Waals surface area contributed by atoms with E-state index in [-0.39, 0.29) is 24.6 Å². The van der Waals surface area contributed by atoms with Crippen molar-refractivity contribution in [1.82, 2.24) is 20.2 Å². The van der Waals surface area contributed by atoms with Gasteiger partial charge in [0.25, 0.3) is 5.56 Å². The standard InChI is InChI=1S/C20H19BrN4O4/c1-29-15-5-2-13(3-6-15)9-22-18(26)10-23-19(27)11-25-12-24-17-7-4-14(21)8-16(17)20(25)28/h2-8,12H,9-11H2,1H3,(H,22,26)(H,23,27). The van der Waals surface area contributed by atoms with E-state index in [0.29, 0.717) is 17.4 Å². The van der Waals surface area contributed by atoms with E-state index in [0.717, 1.165) is 15.8 Å². The third-order valence-electron chi connectivity index (χ3n) is 4.19. The third kappa shape index (κ3) is 5.41. The van der Waals surface area contributed by atoms with Gasteiger partial charge in [0.15, 0.2) is 0 Å². The monoisotopic (exact) mass is 458 g/mol. The first-order chi connectivity index (χ1) is 14.0. The van der Waals surface area contributed by atoms with Gasteiger partial charge < -0.3 is 15.4 Å². The molecule has 0 saturated heterocycles. The number of nitrogens with one attached hydrogen (secondary N) is 2. The highest BCUT2D eigenvalue weighted by molar-refractivity contribution is 9.10. The molecule has 0 radical (unpaired) electrons. The van der Waals surface area contributed by atoms with E-state index in [9.17, 15) is 14.4 Å². The van der Waals surface area contributed by atoms with Gasteiger partial charge in [-0.15, -0.1) is 0 Å². The lowest BCUT2D eigenvalue weighted by atomic mass is 10.2. The number of rotatable bonds is 7. The highest BCUT2D eigenvalue weighted by Crippen LogP contribution is 2.14. The maximum absolute atomic E-state index is 12.5. The fourth-order valence-electron chi connectivity index (χ4n) is 2.64. The number of aromatic nitrogens is 2. The number of fused-ring (bicyclic) bond motifs is 1. The molecule has 2 N–H and O–H groups in total. The molecule has 0 spiro atoms. The van der Waals surface area contributed by atoms with Gasteiger partial charge in [0.2, 0.25) is 11.8 Å². The molecule has 8 nitrogen and oxygen atoms in total. The van der Waals surface area contributed by atoms with Crippen molar-refractivity contribution in [2.45, 2.75) is 13.1 Å². The van der Waals surface area contributed by atoms with Crippen LogP contribution >= 0.6 is 15.9 Å². The van der Waals surface area contributed by atoms with Gasteiger partial charge in [0.1, 0.15) is 12.3 Å². The van der Waals surface area contributed by atoms with Crippen LogP contribution in [0.3, 0.4) is 0 Å². The normalized spacial score (nSPS) is 10.6. The fourth-order valence-corrected chi connectivity index (χ4v) is 3.00. The summed E-state index contributed by atoms with van der Waals surface area (Å²) in [7, 11) is 1.58. The molecule has 0 bridgehead atoms. The molecule has 2 amide bonds. The quantitative estimate of drug-likeness (QED) is 0.559. The predicted octanol–water partition coefficient (Wildman–Crippen LogP) is 1.60. The lowest BCUT2D eigenvalue weighted by Gasteiger charge is -2.09. The van der Waals surface area contributed by atoms with Crippen molar-refractivity contribution in [3.8, 4) is 5.75 Å². The predicted molar refractivity (Wildman–Crippen MR) is 112 cm³/mol. The topological polar surface area (TPSA) is 102 Å². The third-order valence-corrected chi connectivity index (χ3v) is 4.69. The summed E-state index contributed by atoms with van der Waals surface area (Å²) >= 11 is 3.32. The second-order valence-electron chi connectivity index (χ2n) is 6.24. The minimum atomic E-state index is -0.456. The molecule has 9 heteroatoms. The number of hydrogen-bond acceptors (Lipinski definition) is 5. The molecule has 3 aromatic rings. The number of hydrogen-bond donors (Lipinski definition) is 2. The molecule has 0 aliphatic carbocycles. The SMILES string of the molecule is COc1ccc(CNC(=O)CNC(=O)Cn2cnc3ccc(Br)cc3c2=O)cc1. The second-order valence-corrected chi connectivity index (χ2v) is 7.16. The van der Waals surface area contributed by atoms with Gasteiger partial charge in [-0.05, 0) is 35.9 Å². The number of ether oxygens (including phenoxy) is 1. The Morgan fingerprint density at radius 1 is 1.10 bits per heavy atom. The molecule has 0 atom stereocenters. The smallest absolute Gasteiger partial charge is 0.261 e. The van der Waals surface area contributed by atoms with E-state index in [1.54, 1.807) is 37.4 Å². The van der Waals surface area contributed by atoms with E-state index in [2.05, 4.69) is 31.5 Å². The molecular weight excluding hydrogens is 440 g/mol. The molecule has 2 aromatic carbocycles. The fraction of sp³-hybridized carbons (Fsp3) is 0.200. The molecular formula is C20H19BrN4O4. The minimum absolute atomic E-state index is 0.184. The number of methoxy groups -OCH3 is 1. The van der Waals surface area contributed by atoms with Crippen LogP contribution in [0.25, 0.3) is 10.9 Å². The maximum Gasteiger partial charge on any atom is 0.261 e. The van der Waals surface area contributed by atoms with Crippen LogP contribution in [0.4, 0.5) is 0 Å². The first-order valence-corrected chi connectivity index (χ1v) is 9.56. The molecule has 1 heterocycles. The van der Waals surface area contributed by atoms with E-state index < -0.39 is 5.91 Å². The minimum Gasteiger partial charge on any atom is -0.497 e. The van der Waals surface area contributed by atoms with Gasteiger partial charge in [-0.25, -0.2) is 4.98 Å². The first kappa shape index (κ1) is 20.5. The summed E-state index contributed by atoms with van der Waals surface area (Å²) in [6.45, 7) is -0.0715. The molecule has 0 fully saturated rings. The highest BCUT2D eigenvalue weighted by Gasteiger charge is 2.10. The maximum atomic E-state index is 12.5. The Kier molecular flexibility index (Phi) is 6.61. The molecule has 150 valence electrons. The number of carbonyl (C=O) groups excluding carboxylic acids is 2. The van der Waals surface area contributed by atoms with E-state index in [1.807, 2.05) is 12.1 Å². The Balaban J connectivity index is 1.51. The average molecular weight is 459 g/mol. The van der Waals surface area contributed by atoms with Crippen molar-refractivity contribution in [2.24, 2.45) is 0 Å². The van der Waals surface area contributed by atoms with Gasteiger partial charge in [-0.2, -0.15) is 0 Å². The molecule has 0 aliphatic heterocycles. The van der Waals surface area contributed by atoms with Gasteiger partial charge in [-0.3, -0.25) is 19.0 Å². The zero-order valence-corrected chi connectivity index (χ0v) is 17.2. The van der Waals surface area contributed by atoms with Crippen molar-refractivity contribution in [3.63, 3.8) is 0 Å². The number of amides is 2. The van der Waals surface area contributed by atoms with E-state index in [4.69, 9.17) is 4.74 Å². The van der Waals surface area contributed by atoms with Crippen molar-refractivity contribution >= 4 is 38.6 Å². The van der Waals surface area contributed by atoms with Crippen molar-refractivity contribution < 1.29 is 14.3 Å². The van der Waals surface area contributed by atoms with Gasteiger partial charge in [-0.1, -0.05) is 28.1 Å². The van der Waals surface area contributed by atoms with Crippen LogP contribution in [0.2, 0.25) is 0 Å². The lowest BCUT2D eigenvalue weighted by molar-refractivity contribution is -0.126. The summed E-state index contributed by atoms with van der Waals surface area (Å²) in [5, 5.41) is 5.63. The molecule has 3 rings (SSSR count). The average Bonchev–Trinajstić information content (AvgIpc) is 2.73. The van der Waals surface area contributed by atoms with Gasteiger partial charge in [0, 0.05) is 11.0 Å². The Labute approximate surface area is 175 Å². The second kappa shape index (κ2) is 9.33. The van der Waals surface area contributed by atoms with Crippen molar-refractivity contribution in [3.05, 3.63) is 69.2 Å². The molecule has 0 saturated carbocycles. The molecule has 0 unspecified atom stereocenters. The van der Waals surface area contributed by atoms with Crippen LogP contribution < -0.4 is 20.9 Å². The summed E-state index contributed by atoms with van der Waals surface area (Å²) in [5.74, 6) is -0.0527. The van der Waals surface area contributed by atoms with Crippen LogP contribution in [-0.2, 0) is 22.7 Å². The Morgan fingerprint density at radius 2 is 1.86 bits per heavy atom. The Hall–Kier alpha value is -3.20. The molecule has 1 aromatic heterocycles. The van der Waals surface area contributed by atoms with Gasteiger partial charge >= 0.3 is 0 Å². The van der Waals surface area contributed by atoms with Crippen LogP contribution in [0.1, 0.15) is 5.56 Å². The zero-order valence-electron chi connectivity index (χ0n) is 15.6. The highest BCUT2D eigenvalue weighted by atomic mass is 79.9. The van der Waals surface area contributed by atoms with E-state index >= 15 is 0 Å². The van der Waals surface area contributed by atoms with Gasteiger partial charge in [0.05, 0.1) is 30.9 Å². The largest absolute Gasteiger partial charge is 0.497 e. The van der Waals surface area contributed by atoms with Crippen molar-refractivity contribution in [1.29, 1.82) is 0 Å². The van der Waals surface area contributed by atoms with Crippen molar-refractivity contribution in [2.75, 3.05) is 13.7 Å². The Morgan fingerprint density at radius 3 is 2.59 bits per heavy atom. The van der Waals surface area contributed by atoms with Crippen LogP contribution in [0.15, 0.2) is 58.1 Å². The Bertz CT molecular complexity index is 1100. The summed E-state index contributed by atoms with van der Waals surface area (Å²) in [6.07, 6.45) is 1.32. The van der Waals surface area contributed by atoms with Crippen LogP contribution in [0.5, 0.6) is 5.75 Å². The number of halogens is 1. The number of nitrogens with zero attached hydrogens (tertiary/aromatic N) is 2. The van der Waals surface area contributed by atoms with Crippen LogP contribution in [-0.4, -0.2) is 35.0 Å². The number of benzene rings is 2.